The lowest BCUT2D eigenvalue weighted by atomic mass is 9.42. The average Bonchev–Trinajstić information content (AvgIpc) is 4.05. The summed E-state index contributed by atoms with van der Waals surface area (Å²) in [5.74, 6) is 0. The third-order valence-corrected chi connectivity index (χ3v) is 20.6. The minimum Gasteiger partial charge on any atom is -0.454 e. The van der Waals surface area contributed by atoms with Gasteiger partial charge in [0.25, 0.3) is 0 Å². The first-order valence-corrected chi connectivity index (χ1v) is 29.2. The molecule has 0 bridgehead atoms. The number of furan rings is 1. The van der Waals surface area contributed by atoms with Crippen molar-refractivity contribution < 1.29 is 4.42 Å². The molecular weight excluding hydrogens is 964 g/mol. The van der Waals surface area contributed by atoms with Crippen LogP contribution in [0.15, 0.2) is 178 Å². The third-order valence-electron chi connectivity index (χ3n) is 19.4. The van der Waals surface area contributed by atoms with Gasteiger partial charge in [-0.05, 0) is 168 Å². The van der Waals surface area contributed by atoms with Crippen LogP contribution in [-0.2, 0) is 27.1 Å². The highest BCUT2D eigenvalue weighted by Gasteiger charge is 2.52. The number of aryl methyl sites for hydroxylation is 1. The predicted octanol–water partition coefficient (Wildman–Crippen LogP) is 19.0. The van der Waals surface area contributed by atoms with Crippen LogP contribution in [0, 0.1) is 6.92 Å². The van der Waals surface area contributed by atoms with Crippen molar-refractivity contribution in [2.75, 3.05) is 9.71 Å². The van der Waals surface area contributed by atoms with Crippen molar-refractivity contribution in [1.82, 2.24) is 0 Å². The monoisotopic (exact) mass is 1030 g/mol. The van der Waals surface area contributed by atoms with Gasteiger partial charge in [0.15, 0.2) is 5.58 Å². The zero-order valence-electron chi connectivity index (χ0n) is 47.3. The molecule has 9 aromatic carbocycles. The smallest absolute Gasteiger partial charge is 0.333 e. The summed E-state index contributed by atoms with van der Waals surface area (Å²) in [6.45, 7) is 28.8. The number of anilines is 5. The highest BCUT2D eigenvalue weighted by atomic mass is 32.2. The van der Waals surface area contributed by atoms with Crippen molar-refractivity contribution in [3.8, 4) is 33.4 Å². The number of nitrogens with zero attached hydrogens (tertiary/aromatic N) is 2. The molecule has 384 valence electrons. The van der Waals surface area contributed by atoms with Crippen LogP contribution in [0.1, 0.15) is 134 Å². The Labute approximate surface area is 465 Å². The van der Waals surface area contributed by atoms with Crippen molar-refractivity contribution in [3.63, 3.8) is 0 Å². The minimum atomic E-state index is -0.280. The van der Waals surface area contributed by atoms with E-state index in [1.165, 1.54) is 122 Å². The van der Waals surface area contributed by atoms with Gasteiger partial charge in [-0.25, -0.2) is 0 Å². The molecule has 3 aliphatic heterocycles. The van der Waals surface area contributed by atoms with Gasteiger partial charge in [-0.15, -0.1) is 0 Å². The Bertz CT molecular complexity index is 4260. The molecule has 4 heterocycles. The van der Waals surface area contributed by atoms with Gasteiger partial charge in [0.1, 0.15) is 5.58 Å². The molecular formula is C73H67BN2OS. The Balaban J connectivity index is 1.15. The molecule has 0 N–H and O–H groups in total. The molecule has 10 aromatic rings. The molecule has 0 amide bonds. The normalized spacial score (nSPS) is 17.4. The molecule has 3 nitrogen and oxygen atoms in total. The minimum absolute atomic E-state index is 0.00833. The molecule has 78 heavy (non-hydrogen) atoms. The van der Waals surface area contributed by atoms with E-state index in [4.69, 9.17) is 4.42 Å². The maximum Gasteiger partial charge on any atom is 0.333 e. The Morgan fingerprint density at radius 1 is 0.500 bits per heavy atom. The zero-order valence-corrected chi connectivity index (χ0v) is 48.1. The van der Waals surface area contributed by atoms with Gasteiger partial charge >= 0.3 is 6.85 Å². The topological polar surface area (TPSA) is 19.6 Å². The van der Waals surface area contributed by atoms with Crippen LogP contribution in [0.2, 0.25) is 0 Å². The maximum absolute atomic E-state index is 7.40. The fourth-order valence-electron chi connectivity index (χ4n) is 14.9. The van der Waals surface area contributed by atoms with Gasteiger partial charge in [0.2, 0.25) is 0 Å². The Hall–Kier alpha value is -7.21. The van der Waals surface area contributed by atoms with Gasteiger partial charge in [-0.3, -0.25) is 0 Å². The number of benzene rings is 9. The van der Waals surface area contributed by atoms with Crippen LogP contribution in [0.5, 0.6) is 0 Å². The first-order chi connectivity index (χ1) is 37.2. The fraction of sp³-hybridized carbons (Fsp3) is 0.260. The number of hydrogen-bond acceptors (Lipinski definition) is 4. The van der Waals surface area contributed by atoms with Crippen molar-refractivity contribution in [2.45, 2.75) is 133 Å². The van der Waals surface area contributed by atoms with Gasteiger partial charge in [-0.2, -0.15) is 0 Å². The molecule has 5 aliphatic rings. The summed E-state index contributed by atoms with van der Waals surface area (Å²) in [4.78, 5) is 8.15. The van der Waals surface area contributed by atoms with Gasteiger partial charge in [0.05, 0.1) is 5.69 Å². The van der Waals surface area contributed by atoms with Crippen molar-refractivity contribution in [3.05, 3.63) is 208 Å². The number of para-hydroxylation sites is 1. The van der Waals surface area contributed by atoms with E-state index in [1.807, 2.05) is 11.8 Å². The molecule has 0 saturated heterocycles. The lowest BCUT2D eigenvalue weighted by molar-refractivity contribution is 0.332. The molecule has 0 spiro atoms. The van der Waals surface area contributed by atoms with Crippen molar-refractivity contribution >= 4 is 79.9 Å². The molecule has 15 rings (SSSR count). The van der Waals surface area contributed by atoms with Gasteiger partial charge < -0.3 is 14.1 Å². The molecule has 2 aliphatic carbocycles. The SMILES string of the molecule is Cc1cc2c(cc1N1c3cc4c(cc3B3c5c1cc1c(c5-c5ccc6c(oc7ccccc76)c5N3c3ccc(C(C)(C)C)cc3-c3ccccc3)-c3ccccc3C1(C)C)Sc1ccccc1C4(C)C)C(C)(C)CCC2(C)C. The quantitative estimate of drug-likeness (QED) is 0.164. The van der Waals surface area contributed by atoms with E-state index in [0.717, 1.165) is 39.7 Å². The van der Waals surface area contributed by atoms with Gasteiger partial charge in [-0.1, -0.05) is 197 Å². The zero-order chi connectivity index (χ0) is 53.7. The second kappa shape index (κ2) is 16.0. The summed E-state index contributed by atoms with van der Waals surface area (Å²) >= 11 is 1.94. The van der Waals surface area contributed by atoms with Crippen LogP contribution >= 0.6 is 11.8 Å². The predicted molar refractivity (Wildman–Crippen MR) is 332 cm³/mol. The van der Waals surface area contributed by atoms with E-state index in [0.29, 0.717) is 0 Å². The average molecular weight is 1030 g/mol. The summed E-state index contributed by atoms with van der Waals surface area (Å²) in [6, 6.07) is 63.4. The van der Waals surface area contributed by atoms with E-state index in [-0.39, 0.29) is 33.9 Å². The third kappa shape index (κ3) is 6.49. The van der Waals surface area contributed by atoms with Crippen molar-refractivity contribution in [2.24, 2.45) is 0 Å². The summed E-state index contributed by atoms with van der Waals surface area (Å²) in [5.41, 5.74) is 28.6. The first kappa shape index (κ1) is 48.0. The largest absolute Gasteiger partial charge is 0.454 e. The summed E-state index contributed by atoms with van der Waals surface area (Å²) in [5, 5.41) is 2.26. The molecule has 5 heteroatoms. The Morgan fingerprint density at radius 3 is 1.92 bits per heavy atom. The molecule has 0 saturated carbocycles. The van der Waals surface area contributed by atoms with Crippen LogP contribution in [0.25, 0.3) is 55.3 Å². The summed E-state index contributed by atoms with van der Waals surface area (Å²) in [6.07, 6.45) is 2.32. The molecule has 0 fully saturated rings. The van der Waals surface area contributed by atoms with Crippen LogP contribution in [0.4, 0.5) is 28.4 Å². The van der Waals surface area contributed by atoms with E-state index in [9.17, 15) is 0 Å². The second-order valence-electron chi connectivity index (χ2n) is 26.8. The molecule has 0 unspecified atom stereocenters. The summed E-state index contributed by atoms with van der Waals surface area (Å²) in [7, 11) is 0. The summed E-state index contributed by atoms with van der Waals surface area (Å²) < 4.78 is 7.40. The van der Waals surface area contributed by atoms with E-state index >= 15 is 0 Å². The van der Waals surface area contributed by atoms with Crippen LogP contribution in [0.3, 0.4) is 0 Å². The highest BCUT2D eigenvalue weighted by Crippen LogP contribution is 2.61. The molecule has 0 radical (unpaired) electrons. The molecule has 1 aromatic heterocycles. The lowest BCUT2D eigenvalue weighted by Gasteiger charge is -2.49. The highest BCUT2D eigenvalue weighted by molar-refractivity contribution is 7.99. The Morgan fingerprint density at radius 2 is 1.15 bits per heavy atom. The number of hydrogen-bond donors (Lipinski definition) is 0. The fourth-order valence-corrected chi connectivity index (χ4v) is 16.4. The number of rotatable bonds is 3. The number of fused-ring (bicyclic) bond motifs is 15. The van der Waals surface area contributed by atoms with E-state index < -0.39 is 0 Å². The van der Waals surface area contributed by atoms with E-state index in [2.05, 4.69) is 257 Å². The van der Waals surface area contributed by atoms with E-state index in [1.54, 1.807) is 0 Å². The van der Waals surface area contributed by atoms with Crippen LogP contribution < -0.4 is 20.6 Å². The second-order valence-corrected chi connectivity index (χ2v) is 27.8. The molecule has 0 atom stereocenters. The van der Waals surface area contributed by atoms with Gasteiger partial charge in [0, 0.05) is 65.3 Å². The standard InChI is InChI=1S/C73H67BN2OS/c1-42-36-52-53(71(7,8)35-34-70(52,5)6)38-58(42)75-59-39-54-63(78-62-29-21-19-27-51(62)73(54,11)12)41-56(59)74-66-60(75)40-55-64(47-25-16-18-26-50(47)72(55,9)10)65(66)48-32-31-46-45-24-17-20-28-61(45)77-68(46)67(48)76(74)57-33-30-44(69(2,3)4)37-49(57)43-22-14-13-15-23-43/h13-33,36-41H,34-35H2,1-12H3. The van der Waals surface area contributed by atoms with Crippen molar-refractivity contribution in [1.29, 1.82) is 0 Å². The maximum atomic E-state index is 7.40. The first-order valence-electron chi connectivity index (χ1n) is 28.4. The lowest BCUT2D eigenvalue weighted by Crippen LogP contribution is -2.62. The van der Waals surface area contributed by atoms with Crippen LogP contribution in [-0.4, -0.2) is 6.85 Å². The Kier molecular flexibility index (Phi) is 9.82.